The molecule has 5 heteroatoms. The number of aliphatic hydroxyl groups excluding tert-OH is 1. The van der Waals surface area contributed by atoms with E-state index in [4.69, 9.17) is 11.6 Å². The summed E-state index contributed by atoms with van der Waals surface area (Å²) in [4.78, 5) is 14.1. The number of aryl methyl sites for hydroxylation is 1. The Hall–Kier alpha value is -1.10. The molecule has 1 aromatic carbocycles. The van der Waals surface area contributed by atoms with Crippen LogP contribution in [-0.2, 0) is 4.79 Å². The second kappa shape index (κ2) is 7.07. The monoisotopic (exact) mass is 296 g/mol. The van der Waals surface area contributed by atoms with Gasteiger partial charge < -0.3 is 10.4 Å². The number of hydrogen-bond acceptors (Lipinski definition) is 3. The molecule has 1 heterocycles. The summed E-state index contributed by atoms with van der Waals surface area (Å²) in [6.45, 7) is 3.22. The molecular formula is C15H21ClN2O2. The van der Waals surface area contributed by atoms with Crippen LogP contribution < -0.4 is 5.32 Å². The largest absolute Gasteiger partial charge is 0.395 e. The molecule has 0 aliphatic carbocycles. The lowest BCUT2D eigenvalue weighted by Crippen LogP contribution is -2.45. The molecule has 1 unspecified atom stereocenters. The van der Waals surface area contributed by atoms with Gasteiger partial charge in [0.1, 0.15) is 0 Å². The fourth-order valence-corrected chi connectivity index (χ4v) is 2.71. The fourth-order valence-electron chi connectivity index (χ4n) is 2.53. The number of aliphatic hydroxyl groups is 1. The van der Waals surface area contributed by atoms with E-state index in [1.807, 2.05) is 19.1 Å². The lowest BCUT2D eigenvalue weighted by atomic mass is 10.0. The van der Waals surface area contributed by atoms with Crippen molar-refractivity contribution in [3.8, 4) is 0 Å². The third-order valence-corrected chi connectivity index (χ3v) is 4.17. The molecule has 1 atom stereocenters. The molecule has 1 amide bonds. The molecule has 2 N–H and O–H groups in total. The maximum absolute atomic E-state index is 12.1. The predicted octanol–water partition coefficient (Wildman–Crippen LogP) is 2.43. The Morgan fingerprint density at radius 1 is 1.50 bits per heavy atom. The lowest BCUT2D eigenvalue weighted by molar-refractivity contribution is -0.118. The summed E-state index contributed by atoms with van der Waals surface area (Å²) in [5.41, 5.74) is 1.70. The number of piperidine rings is 1. The first-order valence-electron chi connectivity index (χ1n) is 7.01. The predicted molar refractivity (Wildman–Crippen MR) is 81.1 cm³/mol. The Labute approximate surface area is 124 Å². The summed E-state index contributed by atoms with van der Waals surface area (Å²) in [5.74, 6) is -0.0646. The van der Waals surface area contributed by atoms with Gasteiger partial charge in [-0.1, -0.05) is 24.1 Å². The van der Waals surface area contributed by atoms with Crippen LogP contribution in [0.1, 0.15) is 24.8 Å². The molecule has 0 saturated carbocycles. The number of likely N-dealkylation sites (tertiary alicyclic amines) is 1. The average Bonchev–Trinajstić information content (AvgIpc) is 2.43. The lowest BCUT2D eigenvalue weighted by Gasteiger charge is -2.33. The summed E-state index contributed by atoms with van der Waals surface area (Å²) < 4.78 is 0. The number of halogens is 1. The van der Waals surface area contributed by atoms with Gasteiger partial charge in [-0.2, -0.15) is 0 Å². The second-order valence-corrected chi connectivity index (χ2v) is 5.72. The molecule has 1 aliphatic rings. The van der Waals surface area contributed by atoms with Gasteiger partial charge in [-0.25, -0.2) is 0 Å². The first-order chi connectivity index (χ1) is 9.60. The standard InChI is InChI=1S/C15H21ClN2O2/c1-11-5-6-12(8-14(11)16)17-15(20)9-18-7-3-2-4-13(18)10-19/h5-6,8,13,19H,2-4,7,9-10H2,1H3,(H,17,20). The number of nitrogens with one attached hydrogen (secondary N) is 1. The highest BCUT2D eigenvalue weighted by atomic mass is 35.5. The number of carbonyl (C=O) groups excluding carboxylic acids is 1. The summed E-state index contributed by atoms with van der Waals surface area (Å²) in [5, 5.41) is 12.8. The second-order valence-electron chi connectivity index (χ2n) is 5.31. The van der Waals surface area contributed by atoms with Crippen LogP contribution in [-0.4, -0.2) is 41.7 Å². The van der Waals surface area contributed by atoms with Crippen LogP contribution >= 0.6 is 11.6 Å². The van der Waals surface area contributed by atoms with Crippen LogP contribution in [0.15, 0.2) is 18.2 Å². The van der Waals surface area contributed by atoms with E-state index in [2.05, 4.69) is 10.2 Å². The van der Waals surface area contributed by atoms with Gasteiger partial charge in [0, 0.05) is 16.8 Å². The maximum atomic E-state index is 12.1. The molecule has 1 fully saturated rings. The minimum absolute atomic E-state index is 0.0646. The van der Waals surface area contributed by atoms with E-state index < -0.39 is 0 Å². The van der Waals surface area contributed by atoms with Gasteiger partial charge >= 0.3 is 0 Å². The van der Waals surface area contributed by atoms with Crippen LogP contribution in [0.2, 0.25) is 5.02 Å². The van der Waals surface area contributed by atoms with Crippen LogP contribution in [0.25, 0.3) is 0 Å². The highest BCUT2D eigenvalue weighted by Gasteiger charge is 2.23. The number of anilines is 1. The number of amides is 1. The van der Waals surface area contributed by atoms with Crippen molar-refractivity contribution in [2.45, 2.75) is 32.2 Å². The van der Waals surface area contributed by atoms with Crippen LogP contribution in [0.3, 0.4) is 0 Å². The van der Waals surface area contributed by atoms with E-state index in [1.165, 1.54) is 0 Å². The Morgan fingerprint density at radius 2 is 2.30 bits per heavy atom. The van der Waals surface area contributed by atoms with E-state index in [1.54, 1.807) is 6.07 Å². The molecule has 1 aliphatic heterocycles. The van der Waals surface area contributed by atoms with Gasteiger partial charge in [0.25, 0.3) is 0 Å². The van der Waals surface area contributed by atoms with Crippen molar-refractivity contribution in [2.24, 2.45) is 0 Å². The maximum Gasteiger partial charge on any atom is 0.238 e. The Balaban J connectivity index is 1.92. The van der Waals surface area contributed by atoms with Gasteiger partial charge in [0.2, 0.25) is 5.91 Å². The number of rotatable bonds is 4. The van der Waals surface area contributed by atoms with Crippen molar-refractivity contribution in [3.63, 3.8) is 0 Å². The van der Waals surface area contributed by atoms with Crippen molar-refractivity contribution < 1.29 is 9.90 Å². The molecule has 1 aromatic rings. The smallest absolute Gasteiger partial charge is 0.238 e. The SMILES string of the molecule is Cc1ccc(NC(=O)CN2CCCCC2CO)cc1Cl. The number of carbonyl (C=O) groups is 1. The van der Waals surface area contributed by atoms with Crippen molar-refractivity contribution in [1.82, 2.24) is 4.90 Å². The first-order valence-corrected chi connectivity index (χ1v) is 7.39. The highest BCUT2D eigenvalue weighted by Crippen LogP contribution is 2.20. The van der Waals surface area contributed by atoms with E-state index in [9.17, 15) is 9.90 Å². The fraction of sp³-hybridized carbons (Fsp3) is 0.533. The van der Waals surface area contributed by atoms with Crippen LogP contribution in [0.5, 0.6) is 0 Å². The Bertz CT molecular complexity index is 479. The van der Waals surface area contributed by atoms with Crippen molar-refractivity contribution in [2.75, 3.05) is 25.0 Å². The van der Waals surface area contributed by atoms with Gasteiger partial charge in [0.05, 0.1) is 13.2 Å². The molecule has 110 valence electrons. The minimum atomic E-state index is -0.0646. The Morgan fingerprint density at radius 3 is 3.00 bits per heavy atom. The highest BCUT2D eigenvalue weighted by molar-refractivity contribution is 6.31. The minimum Gasteiger partial charge on any atom is -0.395 e. The molecule has 1 saturated heterocycles. The molecule has 0 spiro atoms. The normalized spacial score (nSPS) is 19.9. The number of nitrogens with zero attached hydrogens (tertiary/aromatic N) is 1. The molecule has 0 aromatic heterocycles. The third-order valence-electron chi connectivity index (χ3n) is 3.76. The van der Waals surface area contributed by atoms with Gasteiger partial charge in [0.15, 0.2) is 0 Å². The average molecular weight is 297 g/mol. The van der Waals surface area contributed by atoms with Gasteiger partial charge in [-0.3, -0.25) is 9.69 Å². The zero-order valence-corrected chi connectivity index (χ0v) is 12.5. The summed E-state index contributed by atoms with van der Waals surface area (Å²) in [7, 11) is 0. The van der Waals surface area contributed by atoms with Gasteiger partial charge in [-0.15, -0.1) is 0 Å². The van der Waals surface area contributed by atoms with Crippen molar-refractivity contribution in [3.05, 3.63) is 28.8 Å². The zero-order valence-electron chi connectivity index (χ0n) is 11.7. The topological polar surface area (TPSA) is 52.6 Å². The molecule has 0 radical (unpaired) electrons. The van der Waals surface area contributed by atoms with Crippen LogP contribution in [0, 0.1) is 6.92 Å². The van der Waals surface area contributed by atoms with E-state index >= 15 is 0 Å². The van der Waals surface area contributed by atoms with E-state index in [0.29, 0.717) is 17.3 Å². The first kappa shape index (κ1) is 15.3. The molecular weight excluding hydrogens is 276 g/mol. The summed E-state index contributed by atoms with van der Waals surface area (Å²) in [6.07, 6.45) is 3.16. The zero-order chi connectivity index (χ0) is 14.5. The quantitative estimate of drug-likeness (QED) is 0.897. The molecule has 2 rings (SSSR count). The molecule has 4 nitrogen and oxygen atoms in total. The summed E-state index contributed by atoms with van der Waals surface area (Å²) >= 11 is 6.04. The van der Waals surface area contributed by atoms with Crippen molar-refractivity contribution >= 4 is 23.2 Å². The third kappa shape index (κ3) is 3.95. The van der Waals surface area contributed by atoms with Crippen LogP contribution in [0.4, 0.5) is 5.69 Å². The van der Waals surface area contributed by atoms with Crippen molar-refractivity contribution in [1.29, 1.82) is 0 Å². The Kier molecular flexibility index (Phi) is 5.40. The number of benzene rings is 1. The molecule has 20 heavy (non-hydrogen) atoms. The van der Waals surface area contributed by atoms with E-state index in [-0.39, 0.29) is 18.6 Å². The van der Waals surface area contributed by atoms with Gasteiger partial charge in [-0.05, 0) is 44.0 Å². The van der Waals surface area contributed by atoms with E-state index in [0.717, 1.165) is 31.4 Å². The number of hydrogen-bond donors (Lipinski definition) is 2. The summed E-state index contributed by atoms with van der Waals surface area (Å²) in [6, 6.07) is 5.60. The molecule has 0 bridgehead atoms.